The molecule has 0 spiro atoms. The van der Waals surface area contributed by atoms with Crippen molar-refractivity contribution in [3.8, 4) is 11.5 Å². The average molecular weight is 493 g/mol. The van der Waals surface area contributed by atoms with E-state index in [2.05, 4.69) is 15.9 Å². The van der Waals surface area contributed by atoms with Gasteiger partial charge in [-0.15, -0.1) is 0 Å². The van der Waals surface area contributed by atoms with Crippen molar-refractivity contribution in [1.29, 1.82) is 0 Å². The number of nitro benzene ring substituents is 1. The molecule has 1 aliphatic rings. The van der Waals surface area contributed by atoms with Gasteiger partial charge in [0.2, 0.25) is 0 Å². The van der Waals surface area contributed by atoms with Crippen molar-refractivity contribution >= 4 is 50.6 Å². The van der Waals surface area contributed by atoms with E-state index >= 15 is 0 Å². The zero-order valence-electron chi connectivity index (χ0n) is 16.1. The summed E-state index contributed by atoms with van der Waals surface area (Å²) < 4.78 is 12.2. The highest BCUT2D eigenvalue weighted by Gasteiger charge is 2.31. The number of nitro groups is 1. The van der Waals surface area contributed by atoms with Crippen LogP contribution in [0.3, 0.4) is 0 Å². The topological polar surface area (TPSA) is 99.0 Å². The summed E-state index contributed by atoms with van der Waals surface area (Å²) in [6.07, 6.45) is 1.63. The summed E-state index contributed by atoms with van der Waals surface area (Å²) in [5.41, 5.74) is 1.44. The van der Waals surface area contributed by atoms with E-state index in [1.807, 2.05) is 6.92 Å². The van der Waals surface area contributed by atoms with Crippen molar-refractivity contribution < 1.29 is 24.0 Å². The van der Waals surface area contributed by atoms with Gasteiger partial charge in [0.15, 0.2) is 11.5 Å². The lowest BCUT2D eigenvalue weighted by atomic mass is 10.1. The van der Waals surface area contributed by atoms with E-state index in [1.165, 1.54) is 19.2 Å². The van der Waals surface area contributed by atoms with Crippen LogP contribution in [0.25, 0.3) is 6.08 Å². The molecule has 1 saturated heterocycles. The van der Waals surface area contributed by atoms with E-state index in [0.717, 1.165) is 22.2 Å². The molecule has 1 fully saturated rings. The van der Waals surface area contributed by atoms with Crippen molar-refractivity contribution in [1.82, 2.24) is 4.90 Å². The largest absolute Gasteiger partial charge is 0.490 e. The zero-order valence-corrected chi connectivity index (χ0v) is 18.5. The quantitative estimate of drug-likeness (QED) is 0.304. The first-order valence-corrected chi connectivity index (χ1v) is 10.4. The van der Waals surface area contributed by atoms with E-state index in [4.69, 9.17) is 9.47 Å². The molecule has 2 amide bonds. The number of hydrogen-bond acceptors (Lipinski definition) is 7. The lowest BCUT2D eigenvalue weighted by Gasteiger charge is -2.15. The summed E-state index contributed by atoms with van der Waals surface area (Å²) in [5, 5.41) is 10.4. The highest BCUT2D eigenvalue weighted by atomic mass is 79.9. The molecule has 0 atom stereocenters. The third-order valence-corrected chi connectivity index (χ3v) is 5.70. The molecular weight excluding hydrogens is 476 g/mol. The van der Waals surface area contributed by atoms with Gasteiger partial charge in [-0.3, -0.25) is 24.6 Å². The number of nitrogens with zero attached hydrogens (tertiary/aromatic N) is 2. The molecule has 0 aromatic heterocycles. The summed E-state index contributed by atoms with van der Waals surface area (Å²) in [6.45, 7) is 2.42. The van der Waals surface area contributed by atoms with Gasteiger partial charge < -0.3 is 9.47 Å². The Kier molecular flexibility index (Phi) is 6.78. The van der Waals surface area contributed by atoms with E-state index in [-0.39, 0.29) is 23.4 Å². The summed E-state index contributed by atoms with van der Waals surface area (Å²) >= 11 is 4.35. The maximum atomic E-state index is 12.1. The predicted molar refractivity (Wildman–Crippen MR) is 116 cm³/mol. The first-order valence-electron chi connectivity index (χ1n) is 8.84. The van der Waals surface area contributed by atoms with Crippen LogP contribution in [0, 0.1) is 10.1 Å². The molecule has 10 heteroatoms. The number of thioether (sulfide) groups is 1. The second-order valence-electron chi connectivity index (χ2n) is 6.22. The number of non-ortho nitro benzene ring substituents is 1. The van der Waals surface area contributed by atoms with Crippen LogP contribution < -0.4 is 9.47 Å². The Labute approximate surface area is 185 Å². The lowest BCUT2D eigenvalue weighted by molar-refractivity contribution is -0.384. The predicted octanol–water partition coefficient (Wildman–Crippen LogP) is 5.00. The van der Waals surface area contributed by atoms with Gasteiger partial charge in [-0.25, -0.2) is 0 Å². The van der Waals surface area contributed by atoms with E-state index in [0.29, 0.717) is 33.0 Å². The van der Waals surface area contributed by atoms with Crippen LogP contribution in [0.4, 0.5) is 10.5 Å². The Bertz CT molecular complexity index is 1040. The average Bonchev–Trinajstić information content (AvgIpc) is 2.94. The van der Waals surface area contributed by atoms with Gasteiger partial charge in [0, 0.05) is 19.2 Å². The van der Waals surface area contributed by atoms with Gasteiger partial charge in [0.25, 0.3) is 16.8 Å². The number of likely N-dealkylation sites (N-methyl/N-ethyl adjacent to an activating group) is 1. The van der Waals surface area contributed by atoms with Gasteiger partial charge >= 0.3 is 0 Å². The number of imide groups is 1. The SMILES string of the molecule is CCOc1cc(/C=C2\SC(=O)N(C)C2=O)cc(Br)c1OCc1ccc([N+](=O)[O-])cc1. The van der Waals surface area contributed by atoms with Crippen LogP contribution in [-0.2, 0) is 11.4 Å². The monoisotopic (exact) mass is 492 g/mol. The Balaban J connectivity index is 1.84. The maximum Gasteiger partial charge on any atom is 0.293 e. The van der Waals surface area contributed by atoms with Gasteiger partial charge in [-0.05, 0) is 76.1 Å². The number of benzene rings is 2. The van der Waals surface area contributed by atoms with Crippen LogP contribution in [-0.4, -0.2) is 34.6 Å². The molecule has 8 nitrogen and oxygen atoms in total. The third kappa shape index (κ3) is 4.82. The van der Waals surface area contributed by atoms with E-state index < -0.39 is 4.92 Å². The van der Waals surface area contributed by atoms with Crippen LogP contribution in [0.2, 0.25) is 0 Å². The smallest absolute Gasteiger partial charge is 0.293 e. The van der Waals surface area contributed by atoms with Gasteiger partial charge in [0.1, 0.15) is 6.61 Å². The van der Waals surface area contributed by atoms with Crippen molar-refractivity contribution in [2.45, 2.75) is 13.5 Å². The normalized spacial score (nSPS) is 15.0. The standard InChI is InChI=1S/C20H17BrN2O6S/c1-3-28-16-9-13(10-17-19(24)22(2)20(25)30-17)8-15(21)18(16)29-11-12-4-6-14(7-5-12)23(26)27/h4-10H,3,11H2,1-2H3/b17-10-. The molecule has 3 rings (SSSR count). The Morgan fingerprint density at radius 2 is 1.90 bits per heavy atom. The van der Waals surface area contributed by atoms with Crippen molar-refractivity contribution in [3.05, 3.63) is 67.0 Å². The Hall–Kier alpha value is -2.85. The van der Waals surface area contributed by atoms with Crippen LogP contribution in [0.15, 0.2) is 45.8 Å². The fraction of sp³-hybridized carbons (Fsp3) is 0.200. The Morgan fingerprint density at radius 3 is 2.47 bits per heavy atom. The number of amides is 2. The molecule has 156 valence electrons. The molecule has 0 saturated carbocycles. The molecule has 30 heavy (non-hydrogen) atoms. The fourth-order valence-corrected chi connectivity index (χ4v) is 4.04. The fourth-order valence-electron chi connectivity index (χ4n) is 2.64. The minimum Gasteiger partial charge on any atom is -0.490 e. The summed E-state index contributed by atoms with van der Waals surface area (Å²) in [4.78, 5) is 35.5. The highest BCUT2D eigenvalue weighted by Crippen LogP contribution is 2.39. The third-order valence-electron chi connectivity index (χ3n) is 4.15. The molecule has 2 aromatic rings. The number of carbonyl (C=O) groups is 2. The summed E-state index contributed by atoms with van der Waals surface area (Å²) in [6, 6.07) is 9.58. The second kappa shape index (κ2) is 9.31. The minimum atomic E-state index is -0.458. The maximum absolute atomic E-state index is 12.1. The first kappa shape index (κ1) is 21.8. The van der Waals surface area contributed by atoms with E-state index in [9.17, 15) is 19.7 Å². The Morgan fingerprint density at radius 1 is 1.20 bits per heavy atom. The van der Waals surface area contributed by atoms with E-state index in [1.54, 1.807) is 30.3 Å². The van der Waals surface area contributed by atoms with Gasteiger partial charge in [-0.1, -0.05) is 0 Å². The molecule has 0 N–H and O–H groups in total. The minimum absolute atomic E-state index is 0.00998. The molecular formula is C20H17BrN2O6S. The lowest BCUT2D eigenvalue weighted by Crippen LogP contribution is -2.22. The summed E-state index contributed by atoms with van der Waals surface area (Å²) in [5.74, 6) is 0.587. The van der Waals surface area contributed by atoms with Crippen LogP contribution in [0.1, 0.15) is 18.1 Å². The number of halogens is 1. The molecule has 0 bridgehead atoms. The number of rotatable bonds is 7. The number of ether oxygens (including phenoxy) is 2. The molecule has 2 aromatic carbocycles. The molecule has 0 radical (unpaired) electrons. The van der Waals surface area contributed by atoms with Crippen molar-refractivity contribution in [2.24, 2.45) is 0 Å². The number of hydrogen-bond donors (Lipinski definition) is 0. The van der Waals surface area contributed by atoms with Crippen LogP contribution >= 0.6 is 27.7 Å². The highest BCUT2D eigenvalue weighted by molar-refractivity contribution is 9.10. The zero-order chi connectivity index (χ0) is 21.8. The molecule has 0 unspecified atom stereocenters. The molecule has 1 aliphatic heterocycles. The number of carbonyl (C=O) groups excluding carboxylic acids is 2. The van der Waals surface area contributed by atoms with Crippen molar-refractivity contribution in [3.63, 3.8) is 0 Å². The van der Waals surface area contributed by atoms with Crippen LogP contribution in [0.5, 0.6) is 11.5 Å². The summed E-state index contributed by atoms with van der Waals surface area (Å²) in [7, 11) is 1.44. The molecule has 0 aliphatic carbocycles. The van der Waals surface area contributed by atoms with Gasteiger partial charge in [-0.2, -0.15) is 0 Å². The first-order chi connectivity index (χ1) is 14.3. The molecule has 1 heterocycles. The second-order valence-corrected chi connectivity index (χ2v) is 8.06. The van der Waals surface area contributed by atoms with Gasteiger partial charge in [0.05, 0.1) is 20.9 Å². The van der Waals surface area contributed by atoms with Crippen molar-refractivity contribution in [2.75, 3.05) is 13.7 Å².